The average molecular weight is 1350 g/mol. The molecule has 100 heavy (non-hydrogen) atoms. The van der Waals surface area contributed by atoms with Crippen LogP contribution in [0.3, 0.4) is 0 Å². The average Bonchev–Trinajstić information content (AvgIpc) is 0.836. The fraction of sp³-hybridized carbons (Fsp3) is 0.429. The molecule has 0 aliphatic rings. The second-order valence-corrected chi connectivity index (χ2v) is 31.5. The number of aryl methyl sites for hydroxylation is 8. The van der Waals surface area contributed by atoms with E-state index in [1.54, 1.807) is 0 Å². The smallest absolute Gasteiger partial charge is 0.0892 e. The van der Waals surface area contributed by atoms with Gasteiger partial charge >= 0.3 is 0 Å². The third-order valence-corrected chi connectivity index (χ3v) is 17.5. The van der Waals surface area contributed by atoms with Gasteiger partial charge in [0.2, 0.25) is 0 Å². The van der Waals surface area contributed by atoms with Gasteiger partial charge in [-0.1, -0.05) is 113 Å². The molecule has 8 rings (SSSR count). The molecule has 16 heteroatoms. The van der Waals surface area contributed by atoms with Gasteiger partial charge in [0.1, 0.15) is 0 Å². The van der Waals surface area contributed by atoms with Crippen LogP contribution in [-0.2, 0) is 70.0 Å². The summed E-state index contributed by atoms with van der Waals surface area (Å²) in [5.41, 5.74) is 70.9. The summed E-state index contributed by atoms with van der Waals surface area (Å²) in [5, 5.41) is 35.8. The van der Waals surface area contributed by atoms with Crippen LogP contribution in [0.15, 0.2) is 187 Å². The maximum Gasteiger partial charge on any atom is 0.0892 e. The lowest BCUT2D eigenvalue weighted by atomic mass is 9.93. The monoisotopic (exact) mass is 1350 g/mol. The first-order valence-electron chi connectivity index (χ1n) is 35.0. The minimum atomic E-state index is -0.408. The molecule has 16 N–H and O–H groups in total. The standard InChI is InChI=1S/2C22H32N4.2C20H28N4/c1-7-15-9-17(21(3,4)23)13-19(11-15)25-26-20-12-16(8-2)10-18(14-20)22(5,6)24;1-7-15-9-11-17(21(3,4)23)13-19(15)25-26-20-14-18(22(5,6)24)12-10-16(20)8-2;1-13-11-15(19(3,4)21)7-9-17(13)23-24-18-10-8-16(12-14(18)2)20(5,6)22;1-13-7-8-16(20(5,6)22)12-18(13)24-23-17-10-9-15(11-14(17)2)19(3,4)21/h2*9-14H,7-8,23-24H2,1-6H3;2*7-12H,21-22H2,1-6H3. The highest BCUT2D eigenvalue weighted by Gasteiger charge is 2.23. The summed E-state index contributed by atoms with van der Waals surface area (Å²) in [5.74, 6) is 0. The topological polar surface area (TPSA) is 307 Å². The van der Waals surface area contributed by atoms with E-state index in [1.807, 2.05) is 217 Å². The molecule has 8 aromatic rings. The molecule has 536 valence electrons. The lowest BCUT2D eigenvalue weighted by Crippen LogP contribution is -2.28. The number of nitrogens with zero attached hydrogens (tertiary/aromatic N) is 8. The Morgan fingerprint density at radius 3 is 0.720 bits per heavy atom. The summed E-state index contributed by atoms with van der Waals surface area (Å²) in [6.07, 6.45) is 3.67. The molecule has 0 bridgehead atoms. The normalized spacial score (nSPS) is 12.8. The van der Waals surface area contributed by atoms with Gasteiger partial charge in [-0.3, -0.25) is 0 Å². The van der Waals surface area contributed by atoms with Gasteiger partial charge in [-0.2, -0.15) is 40.9 Å². The quantitative estimate of drug-likeness (QED) is 0.0338. The summed E-state index contributed by atoms with van der Waals surface area (Å²) in [6.45, 7) is 48.5. The molecule has 0 radical (unpaired) electrons. The Morgan fingerprint density at radius 2 is 0.460 bits per heavy atom. The molecular formula is C84H120N16. The van der Waals surface area contributed by atoms with Crippen molar-refractivity contribution >= 4 is 45.5 Å². The van der Waals surface area contributed by atoms with Crippen molar-refractivity contribution in [2.45, 2.75) is 236 Å². The van der Waals surface area contributed by atoms with Gasteiger partial charge in [-0.25, -0.2) is 0 Å². The highest BCUT2D eigenvalue weighted by atomic mass is 15.1. The molecule has 0 saturated carbocycles. The fourth-order valence-electron chi connectivity index (χ4n) is 10.4. The number of hydrogen-bond donors (Lipinski definition) is 8. The molecule has 0 saturated heterocycles. The zero-order valence-corrected chi connectivity index (χ0v) is 64.9. The van der Waals surface area contributed by atoms with E-state index >= 15 is 0 Å². The van der Waals surface area contributed by atoms with E-state index in [2.05, 4.69) is 135 Å². The van der Waals surface area contributed by atoms with E-state index in [1.165, 1.54) is 11.1 Å². The van der Waals surface area contributed by atoms with Crippen LogP contribution in [0.2, 0.25) is 0 Å². The number of azo groups is 4. The Morgan fingerprint density at radius 1 is 0.220 bits per heavy atom. The van der Waals surface area contributed by atoms with Crippen molar-refractivity contribution in [2.24, 2.45) is 86.8 Å². The summed E-state index contributed by atoms with van der Waals surface area (Å²) in [7, 11) is 0. The van der Waals surface area contributed by atoms with Crippen LogP contribution in [0.25, 0.3) is 0 Å². The molecule has 0 fully saturated rings. The van der Waals surface area contributed by atoms with E-state index < -0.39 is 27.7 Å². The third-order valence-electron chi connectivity index (χ3n) is 17.5. The fourth-order valence-corrected chi connectivity index (χ4v) is 10.4. The first-order chi connectivity index (χ1) is 46.0. The Balaban J connectivity index is 0.000000241. The molecule has 16 nitrogen and oxygen atoms in total. The summed E-state index contributed by atoms with van der Waals surface area (Å²) >= 11 is 0. The van der Waals surface area contributed by atoms with Crippen molar-refractivity contribution in [1.29, 1.82) is 0 Å². The highest BCUT2D eigenvalue weighted by Crippen LogP contribution is 2.36. The Kier molecular flexibility index (Phi) is 27.7. The molecule has 0 spiro atoms. The zero-order chi connectivity index (χ0) is 75.3. The Bertz CT molecular complexity index is 3990. The van der Waals surface area contributed by atoms with Crippen molar-refractivity contribution in [3.63, 3.8) is 0 Å². The third kappa shape index (κ3) is 24.6. The van der Waals surface area contributed by atoms with E-state index in [0.29, 0.717) is 0 Å². The Hall–Kier alpha value is -8.16. The number of hydrogen-bond acceptors (Lipinski definition) is 16. The maximum atomic E-state index is 6.28. The molecule has 0 unspecified atom stereocenters. The second kappa shape index (κ2) is 33.5. The molecule has 0 atom stereocenters. The number of nitrogens with two attached hydrogens (primary N) is 8. The van der Waals surface area contributed by atoms with Crippen LogP contribution in [0, 0.1) is 27.7 Å². The minimum Gasteiger partial charge on any atom is -0.322 e. The highest BCUT2D eigenvalue weighted by molar-refractivity contribution is 5.56. The van der Waals surface area contributed by atoms with Crippen LogP contribution < -0.4 is 45.9 Å². The molecule has 0 heterocycles. The van der Waals surface area contributed by atoms with E-state index in [-0.39, 0.29) is 16.6 Å². The number of benzene rings is 8. The predicted octanol–water partition coefficient (Wildman–Crippen LogP) is 21.4. The van der Waals surface area contributed by atoms with Gasteiger partial charge < -0.3 is 45.9 Å². The van der Waals surface area contributed by atoms with Crippen LogP contribution in [0.5, 0.6) is 0 Å². The molecule has 0 aromatic heterocycles. The van der Waals surface area contributed by atoms with Crippen LogP contribution in [0.1, 0.15) is 227 Å². The van der Waals surface area contributed by atoms with E-state index in [9.17, 15) is 0 Å². The molecule has 0 aliphatic heterocycles. The first kappa shape index (κ1) is 82.5. The van der Waals surface area contributed by atoms with Crippen LogP contribution >= 0.6 is 0 Å². The van der Waals surface area contributed by atoms with Crippen LogP contribution in [-0.4, -0.2) is 0 Å². The van der Waals surface area contributed by atoms with Gasteiger partial charge in [-0.05, 0) is 314 Å². The van der Waals surface area contributed by atoms with Crippen molar-refractivity contribution in [1.82, 2.24) is 0 Å². The zero-order valence-electron chi connectivity index (χ0n) is 64.9. The summed E-state index contributed by atoms with van der Waals surface area (Å²) in [6, 6.07) is 49.1. The van der Waals surface area contributed by atoms with Crippen molar-refractivity contribution in [3.05, 3.63) is 235 Å². The second-order valence-electron chi connectivity index (χ2n) is 31.5. The maximum absolute atomic E-state index is 6.28. The lowest BCUT2D eigenvalue weighted by Gasteiger charge is -2.21. The Labute approximate surface area is 599 Å². The lowest BCUT2D eigenvalue weighted by molar-refractivity contribution is 0.553. The van der Waals surface area contributed by atoms with Gasteiger partial charge in [0.15, 0.2) is 0 Å². The van der Waals surface area contributed by atoms with Crippen LogP contribution in [0.4, 0.5) is 45.5 Å². The van der Waals surface area contributed by atoms with Crippen molar-refractivity contribution < 1.29 is 0 Å². The largest absolute Gasteiger partial charge is 0.322 e. The van der Waals surface area contributed by atoms with E-state index in [0.717, 1.165) is 149 Å². The summed E-state index contributed by atoms with van der Waals surface area (Å²) in [4.78, 5) is 0. The molecule has 0 aliphatic carbocycles. The van der Waals surface area contributed by atoms with E-state index in [4.69, 9.17) is 45.9 Å². The first-order valence-corrected chi connectivity index (χ1v) is 35.0. The van der Waals surface area contributed by atoms with Gasteiger partial charge in [0, 0.05) is 44.3 Å². The predicted molar refractivity (Wildman–Crippen MR) is 422 cm³/mol. The van der Waals surface area contributed by atoms with Gasteiger partial charge in [0.25, 0.3) is 0 Å². The summed E-state index contributed by atoms with van der Waals surface area (Å²) < 4.78 is 0. The van der Waals surface area contributed by atoms with Gasteiger partial charge in [-0.15, -0.1) is 0 Å². The number of rotatable bonds is 20. The van der Waals surface area contributed by atoms with Crippen molar-refractivity contribution in [2.75, 3.05) is 0 Å². The van der Waals surface area contributed by atoms with Crippen molar-refractivity contribution in [3.8, 4) is 0 Å². The molecule has 0 amide bonds. The SMILES string of the molecule is CCc1cc(N=Nc2cc(CC)cc(C(C)(C)N)c2)cc(C(C)(C)N)c1.CCc1ccc(C(C)(C)N)cc1N=Nc1cc(C(C)(C)N)ccc1CC.Cc1cc(C(C)(C)N)ccc1N=Nc1cc(C(C)(C)N)ccc1C.Cc1cc(C(C)(C)N)ccc1N=Nc1ccc(C(C)(C)N)cc1C. The molecule has 8 aromatic carbocycles. The minimum absolute atomic E-state index is 0.359. The van der Waals surface area contributed by atoms with Gasteiger partial charge in [0.05, 0.1) is 45.5 Å². The molecular weight excluding hydrogens is 1230 g/mol.